The molecule has 9 nitrogen and oxygen atoms in total. The van der Waals surface area contributed by atoms with Gasteiger partial charge in [-0.3, -0.25) is 0 Å². The molecular formula is C19H21N7O2. The largest absolute Gasteiger partial charge is 0.465 e. The second-order valence-corrected chi connectivity index (χ2v) is 6.48. The Kier molecular flexibility index (Phi) is 4.79. The van der Waals surface area contributed by atoms with Crippen LogP contribution in [0.2, 0.25) is 0 Å². The lowest BCUT2D eigenvalue weighted by molar-refractivity contribution is 0.142. The first kappa shape index (κ1) is 17.8. The minimum atomic E-state index is -0.856. The maximum absolute atomic E-state index is 11.0. The predicted octanol–water partition coefficient (Wildman–Crippen LogP) is 2.61. The zero-order valence-corrected chi connectivity index (χ0v) is 15.5. The average molecular weight is 379 g/mol. The summed E-state index contributed by atoms with van der Waals surface area (Å²) in [5, 5.41) is 16.1. The number of benzene rings is 1. The molecule has 1 aliphatic rings. The zero-order chi connectivity index (χ0) is 19.5. The van der Waals surface area contributed by atoms with Gasteiger partial charge in [-0.25, -0.2) is 14.8 Å². The van der Waals surface area contributed by atoms with Crippen molar-refractivity contribution in [3.8, 4) is 0 Å². The van der Waals surface area contributed by atoms with Gasteiger partial charge in [0.05, 0.1) is 0 Å². The van der Waals surface area contributed by atoms with Crippen LogP contribution in [0, 0.1) is 0 Å². The summed E-state index contributed by atoms with van der Waals surface area (Å²) >= 11 is 0. The van der Waals surface area contributed by atoms with Gasteiger partial charge in [0.1, 0.15) is 5.82 Å². The minimum absolute atomic E-state index is 0.482. The van der Waals surface area contributed by atoms with Crippen molar-refractivity contribution >= 4 is 40.3 Å². The molecule has 0 atom stereocenters. The lowest BCUT2D eigenvalue weighted by Gasteiger charge is -2.34. The van der Waals surface area contributed by atoms with Crippen LogP contribution in [-0.4, -0.2) is 64.3 Å². The number of nitrogens with zero attached hydrogens (tertiary/aromatic N) is 5. The van der Waals surface area contributed by atoms with E-state index in [1.807, 2.05) is 43.4 Å². The second kappa shape index (κ2) is 7.55. The Morgan fingerprint density at radius 1 is 1.04 bits per heavy atom. The summed E-state index contributed by atoms with van der Waals surface area (Å²) in [6.45, 7) is 2.41. The SMILES string of the molecule is CNc1ccc2cnc(Nc3ccc(N4CCN(C(=O)O)CC4)cc3)nc2n1. The minimum Gasteiger partial charge on any atom is -0.465 e. The van der Waals surface area contributed by atoms with Gasteiger partial charge < -0.3 is 25.5 Å². The van der Waals surface area contributed by atoms with E-state index >= 15 is 0 Å². The van der Waals surface area contributed by atoms with Crippen molar-refractivity contribution < 1.29 is 9.90 Å². The Morgan fingerprint density at radius 3 is 2.46 bits per heavy atom. The average Bonchev–Trinajstić information content (AvgIpc) is 2.74. The number of nitrogens with one attached hydrogen (secondary N) is 2. The number of aromatic nitrogens is 3. The number of piperazine rings is 1. The quantitative estimate of drug-likeness (QED) is 0.635. The molecule has 3 N–H and O–H groups in total. The lowest BCUT2D eigenvalue weighted by Crippen LogP contribution is -2.48. The molecule has 9 heteroatoms. The topological polar surface area (TPSA) is 107 Å². The van der Waals surface area contributed by atoms with Crippen molar-refractivity contribution in [3.63, 3.8) is 0 Å². The standard InChI is InChI=1S/C19H21N7O2/c1-20-16-7-2-13-12-21-18(24-17(13)23-16)22-14-3-5-15(6-4-14)25-8-10-26(11-9-25)19(27)28/h2-7,12H,8-11H2,1H3,(H,27,28)(H2,20,21,22,23,24). The molecule has 0 aliphatic carbocycles. The van der Waals surface area contributed by atoms with Crippen LogP contribution in [0.25, 0.3) is 11.0 Å². The highest BCUT2D eigenvalue weighted by molar-refractivity contribution is 5.77. The molecule has 1 saturated heterocycles. The van der Waals surface area contributed by atoms with Crippen LogP contribution in [0.4, 0.5) is 27.9 Å². The van der Waals surface area contributed by atoms with E-state index in [4.69, 9.17) is 5.11 Å². The Balaban J connectivity index is 1.44. The molecule has 28 heavy (non-hydrogen) atoms. The van der Waals surface area contributed by atoms with Crippen molar-refractivity contribution in [2.45, 2.75) is 0 Å². The highest BCUT2D eigenvalue weighted by atomic mass is 16.4. The fourth-order valence-corrected chi connectivity index (χ4v) is 3.15. The van der Waals surface area contributed by atoms with E-state index in [2.05, 4.69) is 30.5 Å². The molecule has 1 fully saturated rings. The Hall–Kier alpha value is -3.62. The third-order valence-electron chi connectivity index (χ3n) is 4.74. The van der Waals surface area contributed by atoms with Gasteiger partial charge >= 0.3 is 6.09 Å². The zero-order valence-electron chi connectivity index (χ0n) is 15.5. The molecule has 0 radical (unpaired) electrons. The van der Waals surface area contributed by atoms with Crippen LogP contribution in [0.3, 0.4) is 0 Å². The summed E-state index contributed by atoms with van der Waals surface area (Å²) in [6, 6.07) is 11.8. The first-order valence-electron chi connectivity index (χ1n) is 9.04. The van der Waals surface area contributed by atoms with Gasteiger partial charge in [-0.05, 0) is 36.4 Å². The fourth-order valence-electron chi connectivity index (χ4n) is 3.15. The van der Waals surface area contributed by atoms with Crippen LogP contribution in [-0.2, 0) is 0 Å². The number of rotatable bonds is 4. The van der Waals surface area contributed by atoms with Crippen molar-refractivity contribution in [2.24, 2.45) is 0 Å². The van der Waals surface area contributed by atoms with Gasteiger partial charge in [0.25, 0.3) is 0 Å². The fraction of sp³-hybridized carbons (Fsp3) is 0.263. The summed E-state index contributed by atoms with van der Waals surface area (Å²) in [5.74, 6) is 1.24. The summed E-state index contributed by atoms with van der Waals surface area (Å²) in [6.07, 6.45) is 0.888. The smallest absolute Gasteiger partial charge is 0.407 e. The molecule has 144 valence electrons. The van der Waals surface area contributed by atoms with Crippen LogP contribution in [0.5, 0.6) is 0 Å². The number of carbonyl (C=O) groups is 1. The number of fused-ring (bicyclic) bond motifs is 1. The Morgan fingerprint density at radius 2 is 1.79 bits per heavy atom. The number of hydrogen-bond acceptors (Lipinski definition) is 7. The van der Waals surface area contributed by atoms with E-state index in [1.54, 1.807) is 6.20 Å². The van der Waals surface area contributed by atoms with Gasteiger partial charge in [-0.2, -0.15) is 4.98 Å². The number of amides is 1. The lowest BCUT2D eigenvalue weighted by atomic mass is 10.2. The maximum atomic E-state index is 11.0. The summed E-state index contributed by atoms with van der Waals surface area (Å²) in [7, 11) is 1.82. The second-order valence-electron chi connectivity index (χ2n) is 6.48. The van der Waals surface area contributed by atoms with Crippen LogP contribution < -0.4 is 15.5 Å². The van der Waals surface area contributed by atoms with Crippen molar-refractivity contribution in [1.82, 2.24) is 19.9 Å². The molecular weight excluding hydrogens is 358 g/mol. The van der Waals surface area contributed by atoms with Crippen LogP contribution in [0.15, 0.2) is 42.6 Å². The molecule has 2 aromatic heterocycles. The van der Waals surface area contributed by atoms with E-state index in [-0.39, 0.29) is 0 Å². The first-order valence-corrected chi connectivity index (χ1v) is 9.04. The molecule has 1 aliphatic heterocycles. The van der Waals surface area contributed by atoms with E-state index < -0.39 is 6.09 Å². The molecule has 1 aromatic carbocycles. The molecule has 1 amide bonds. The van der Waals surface area contributed by atoms with Gasteiger partial charge in [0, 0.05) is 56.2 Å². The van der Waals surface area contributed by atoms with Crippen molar-refractivity contribution in [2.75, 3.05) is 48.8 Å². The molecule has 3 heterocycles. The van der Waals surface area contributed by atoms with Crippen molar-refractivity contribution in [1.29, 1.82) is 0 Å². The molecule has 0 spiro atoms. The molecule has 4 rings (SSSR count). The van der Waals surface area contributed by atoms with Crippen LogP contribution in [0.1, 0.15) is 0 Å². The van der Waals surface area contributed by atoms with E-state index in [9.17, 15) is 4.79 Å². The normalized spacial score (nSPS) is 14.2. The molecule has 0 saturated carbocycles. The number of hydrogen-bond donors (Lipinski definition) is 3. The number of carboxylic acid groups (broad SMARTS) is 1. The van der Waals surface area contributed by atoms with Gasteiger partial charge in [-0.15, -0.1) is 0 Å². The highest BCUT2D eigenvalue weighted by Gasteiger charge is 2.20. The summed E-state index contributed by atoms with van der Waals surface area (Å²) < 4.78 is 0. The molecule has 0 bridgehead atoms. The summed E-state index contributed by atoms with van der Waals surface area (Å²) in [5.41, 5.74) is 2.56. The summed E-state index contributed by atoms with van der Waals surface area (Å²) in [4.78, 5) is 27.9. The predicted molar refractivity (Wildman–Crippen MR) is 108 cm³/mol. The Bertz CT molecular complexity index is 985. The van der Waals surface area contributed by atoms with E-state index in [1.165, 1.54) is 4.90 Å². The Labute approximate surface area is 162 Å². The molecule has 3 aromatic rings. The van der Waals surface area contributed by atoms with Gasteiger partial charge in [0.15, 0.2) is 5.65 Å². The molecule has 0 unspecified atom stereocenters. The number of anilines is 4. The third-order valence-corrected chi connectivity index (χ3v) is 4.74. The first-order chi connectivity index (χ1) is 13.6. The monoisotopic (exact) mass is 379 g/mol. The van der Waals surface area contributed by atoms with Gasteiger partial charge in [0.2, 0.25) is 5.95 Å². The highest BCUT2D eigenvalue weighted by Crippen LogP contribution is 2.22. The third kappa shape index (κ3) is 3.73. The van der Waals surface area contributed by atoms with E-state index in [0.29, 0.717) is 37.8 Å². The van der Waals surface area contributed by atoms with Crippen LogP contribution >= 0.6 is 0 Å². The maximum Gasteiger partial charge on any atom is 0.407 e. The van der Waals surface area contributed by atoms with Gasteiger partial charge in [-0.1, -0.05) is 0 Å². The van der Waals surface area contributed by atoms with Crippen molar-refractivity contribution in [3.05, 3.63) is 42.6 Å². The van der Waals surface area contributed by atoms with E-state index in [0.717, 1.165) is 22.6 Å². The number of pyridine rings is 1.